The van der Waals surface area contributed by atoms with E-state index in [1.165, 1.54) is 19.2 Å². The SMILES string of the molecule is CON(O)c1cc([N+](=O)[O-])ccc1ON. The van der Waals surface area contributed by atoms with Crippen molar-refractivity contribution in [3.8, 4) is 5.75 Å². The fraction of sp³-hybridized carbons (Fsp3) is 0.143. The summed E-state index contributed by atoms with van der Waals surface area (Å²) >= 11 is 0. The first-order valence-corrected chi connectivity index (χ1v) is 3.78. The van der Waals surface area contributed by atoms with Crippen molar-refractivity contribution in [2.45, 2.75) is 0 Å². The Balaban J connectivity index is 3.18. The van der Waals surface area contributed by atoms with Gasteiger partial charge in [-0.2, -0.15) is 5.90 Å². The first kappa shape index (κ1) is 11.2. The number of nitro benzene ring substituents is 1. The van der Waals surface area contributed by atoms with Crippen molar-refractivity contribution >= 4 is 11.4 Å². The molecule has 15 heavy (non-hydrogen) atoms. The summed E-state index contributed by atoms with van der Waals surface area (Å²) in [5.74, 6) is 4.95. The summed E-state index contributed by atoms with van der Waals surface area (Å²) in [5.41, 5.74) is -0.281. The van der Waals surface area contributed by atoms with E-state index < -0.39 is 4.92 Å². The maximum atomic E-state index is 10.5. The smallest absolute Gasteiger partial charge is 0.271 e. The lowest BCUT2D eigenvalue weighted by Gasteiger charge is -2.15. The summed E-state index contributed by atoms with van der Waals surface area (Å²) in [6.45, 7) is 0. The molecule has 0 saturated carbocycles. The third-order valence-electron chi connectivity index (χ3n) is 1.66. The topological polar surface area (TPSA) is 111 Å². The standard InChI is InChI=1S/C7H9N3O5/c1-14-10(13)6-4-5(9(11)12)2-3-7(6)15-8/h2-4,13H,8H2,1H3. The van der Waals surface area contributed by atoms with Crippen LogP contribution in [0.15, 0.2) is 18.2 Å². The van der Waals surface area contributed by atoms with Crippen LogP contribution < -0.4 is 16.0 Å². The zero-order valence-electron chi connectivity index (χ0n) is 7.78. The number of non-ortho nitro benzene ring substituents is 1. The van der Waals surface area contributed by atoms with E-state index in [9.17, 15) is 15.3 Å². The number of nitrogens with zero attached hydrogens (tertiary/aromatic N) is 2. The van der Waals surface area contributed by atoms with Crippen LogP contribution in [0.4, 0.5) is 11.4 Å². The van der Waals surface area contributed by atoms with Crippen LogP contribution in [0.25, 0.3) is 0 Å². The molecule has 0 spiro atoms. The van der Waals surface area contributed by atoms with Gasteiger partial charge in [0, 0.05) is 12.1 Å². The minimum Gasteiger partial charge on any atom is -0.409 e. The highest BCUT2D eigenvalue weighted by atomic mass is 16.9. The van der Waals surface area contributed by atoms with Gasteiger partial charge in [-0.15, -0.1) is 5.23 Å². The molecule has 3 N–H and O–H groups in total. The molecule has 8 heteroatoms. The molecule has 0 aromatic heterocycles. The molecular weight excluding hydrogens is 206 g/mol. The number of nitro groups is 1. The predicted molar refractivity (Wildman–Crippen MR) is 49.2 cm³/mol. The van der Waals surface area contributed by atoms with E-state index in [2.05, 4.69) is 9.68 Å². The highest BCUT2D eigenvalue weighted by Crippen LogP contribution is 2.30. The molecule has 1 aromatic carbocycles. The van der Waals surface area contributed by atoms with E-state index in [0.717, 1.165) is 6.07 Å². The van der Waals surface area contributed by atoms with Crippen LogP contribution in [0.2, 0.25) is 0 Å². The maximum Gasteiger partial charge on any atom is 0.271 e. The summed E-state index contributed by atoms with van der Waals surface area (Å²) in [7, 11) is 1.18. The summed E-state index contributed by atoms with van der Waals surface area (Å²) in [4.78, 5) is 18.7. The van der Waals surface area contributed by atoms with Gasteiger partial charge in [-0.1, -0.05) is 0 Å². The van der Waals surface area contributed by atoms with Crippen molar-refractivity contribution in [1.29, 1.82) is 0 Å². The third kappa shape index (κ3) is 2.31. The summed E-state index contributed by atoms with van der Waals surface area (Å²) in [6, 6.07) is 3.50. The van der Waals surface area contributed by atoms with E-state index in [1.807, 2.05) is 0 Å². The minimum absolute atomic E-state index is 0.0463. The third-order valence-corrected chi connectivity index (χ3v) is 1.66. The van der Waals surface area contributed by atoms with Crippen molar-refractivity contribution in [1.82, 2.24) is 0 Å². The summed E-state index contributed by atoms with van der Waals surface area (Å²) < 4.78 is 0. The van der Waals surface area contributed by atoms with Gasteiger partial charge in [0.2, 0.25) is 0 Å². The Morgan fingerprint density at radius 2 is 2.27 bits per heavy atom. The average molecular weight is 215 g/mol. The lowest BCUT2D eigenvalue weighted by atomic mass is 10.2. The average Bonchev–Trinajstić information content (AvgIpc) is 2.27. The van der Waals surface area contributed by atoms with E-state index in [4.69, 9.17) is 5.90 Å². The molecule has 0 aliphatic heterocycles. The first-order chi connectivity index (χ1) is 7.10. The normalized spacial score (nSPS) is 9.80. The molecule has 0 aliphatic rings. The Kier molecular flexibility index (Phi) is 3.39. The van der Waals surface area contributed by atoms with Crippen LogP contribution >= 0.6 is 0 Å². The number of nitrogens with two attached hydrogens (primary N) is 1. The second kappa shape index (κ2) is 4.55. The van der Waals surface area contributed by atoms with Crippen LogP contribution in [-0.2, 0) is 4.84 Å². The molecule has 0 bridgehead atoms. The molecule has 0 saturated heterocycles. The van der Waals surface area contributed by atoms with Gasteiger partial charge < -0.3 is 4.84 Å². The Hall–Kier alpha value is -1.90. The van der Waals surface area contributed by atoms with Crippen molar-refractivity contribution < 1.29 is 19.8 Å². The van der Waals surface area contributed by atoms with Gasteiger partial charge in [0.25, 0.3) is 5.69 Å². The molecular formula is C7H9N3O5. The van der Waals surface area contributed by atoms with Gasteiger partial charge in [0.15, 0.2) is 5.75 Å². The number of rotatable bonds is 4. The Labute approximate surface area is 84.4 Å². The van der Waals surface area contributed by atoms with Crippen LogP contribution in [-0.4, -0.2) is 17.2 Å². The van der Waals surface area contributed by atoms with E-state index in [1.54, 1.807) is 0 Å². The fourth-order valence-electron chi connectivity index (χ4n) is 0.967. The largest absolute Gasteiger partial charge is 0.409 e. The van der Waals surface area contributed by atoms with Gasteiger partial charge in [-0.3, -0.25) is 20.2 Å². The van der Waals surface area contributed by atoms with E-state index in [-0.39, 0.29) is 17.1 Å². The number of benzene rings is 1. The lowest BCUT2D eigenvalue weighted by molar-refractivity contribution is -0.384. The fourth-order valence-corrected chi connectivity index (χ4v) is 0.967. The molecule has 1 rings (SSSR count). The van der Waals surface area contributed by atoms with E-state index >= 15 is 0 Å². The first-order valence-electron chi connectivity index (χ1n) is 3.78. The molecule has 82 valence electrons. The monoisotopic (exact) mass is 215 g/mol. The van der Waals surface area contributed by atoms with Crippen molar-refractivity contribution in [2.75, 3.05) is 12.3 Å². The molecule has 1 aromatic rings. The summed E-state index contributed by atoms with van der Waals surface area (Å²) in [5, 5.41) is 20.0. The number of hydrogen-bond acceptors (Lipinski definition) is 7. The van der Waals surface area contributed by atoms with E-state index in [0.29, 0.717) is 5.23 Å². The summed E-state index contributed by atoms with van der Waals surface area (Å²) in [6.07, 6.45) is 0. The Morgan fingerprint density at radius 1 is 1.60 bits per heavy atom. The zero-order chi connectivity index (χ0) is 11.4. The van der Waals surface area contributed by atoms with Crippen molar-refractivity contribution in [2.24, 2.45) is 5.90 Å². The van der Waals surface area contributed by atoms with Gasteiger partial charge >= 0.3 is 0 Å². The van der Waals surface area contributed by atoms with Gasteiger partial charge in [-0.25, -0.2) is 0 Å². The van der Waals surface area contributed by atoms with Crippen LogP contribution in [0.5, 0.6) is 5.75 Å². The van der Waals surface area contributed by atoms with Crippen LogP contribution in [0, 0.1) is 10.1 Å². The molecule has 0 unspecified atom stereocenters. The van der Waals surface area contributed by atoms with Crippen LogP contribution in [0.1, 0.15) is 0 Å². The van der Waals surface area contributed by atoms with Crippen molar-refractivity contribution in [3.63, 3.8) is 0 Å². The number of hydrogen-bond donors (Lipinski definition) is 2. The Bertz CT molecular complexity index is 370. The second-order valence-electron chi connectivity index (χ2n) is 2.48. The van der Waals surface area contributed by atoms with Gasteiger partial charge in [0.05, 0.1) is 12.0 Å². The molecule has 0 radical (unpaired) electrons. The Morgan fingerprint density at radius 3 is 2.73 bits per heavy atom. The van der Waals surface area contributed by atoms with Gasteiger partial charge in [0.1, 0.15) is 5.69 Å². The molecule has 0 fully saturated rings. The molecule has 0 heterocycles. The quantitative estimate of drug-likeness (QED) is 0.558. The lowest BCUT2D eigenvalue weighted by Crippen LogP contribution is -2.18. The molecule has 0 atom stereocenters. The predicted octanol–water partition coefficient (Wildman–Crippen LogP) is 0.604. The molecule has 8 nitrogen and oxygen atoms in total. The highest BCUT2D eigenvalue weighted by Gasteiger charge is 2.16. The van der Waals surface area contributed by atoms with Gasteiger partial charge in [-0.05, 0) is 6.07 Å². The highest BCUT2D eigenvalue weighted by molar-refractivity contribution is 5.60. The number of anilines is 1. The van der Waals surface area contributed by atoms with Crippen molar-refractivity contribution in [3.05, 3.63) is 28.3 Å². The maximum absolute atomic E-state index is 10.5. The molecule has 0 amide bonds. The molecule has 0 aliphatic carbocycles. The second-order valence-corrected chi connectivity index (χ2v) is 2.48. The minimum atomic E-state index is -0.618. The zero-order valence-corrected chi connectivity index (χ0v) is 7.78. The van der Waals surface area contributed by atoms with Crippen LogP contribution in [0.3, 0.4) is 0 Å².